The molecule has 4 nitrogen and oxygen atoms in total. The van der Waals surface area contributed by atoms with Gasteiger partial charge in [0.1, 0.15) is 18.4 Å². The Bertz CT molecular complexity index is 1020. The van der Waals surface area contributed by atoms with Crippen LogP contribution < -0.4 is 4.74 Å². The van der Waals surface area contributed by atoms with Gasteiger partial charge in [-0.3, -0.25) is 0 Å². The van der Waals surface area contributed by atoms with E-state index in [1.165, 1.54) is 10.8 Å². The van der Waals surface area contributed by atoms with Crippen molar-refractivity contribution in [3.8, 4) is 11.8 Å². The first-order valence-corrected chi connectivity index (χ1v) is 9.52. The molecule has 1 aliphatic heterocycles. The summed E-state index contributed by atoms with van der Waals surface area (Å²) in [6.45, 7) is 1.74. The second-order valence-corrected chi connectivity index (χ2v) is 7.10. The quantitative estimate of drug-likeness (QED) is 0.635. The number of ether oxygens (including phenoxy) is 3. The Morgan fingerprint density at radius 2 is 1.79 bits per heavy atom. The molecule has 4 rings (SSSR count). The van der Waals surface area contributed by atoms with E-state index >= 15 is 0 Å². The number of rotatable bonds is 5. The minimum Gasteiger partial charge on any atom is -0.488 e. The van der Waals surface area contributed by atoms with Crippen LogP contribution in [0.15, 0.2) is 60.7 Å². The van der Waals surface area contributed by atoms with Gasteiger partial charge in [0, 0.05) is 33.2 Å². The summed E-state index contributed by atoms with van der Waals surface area (Å²) in [5.41, 5.74) is 2.22. The molecule has 0 atom stereocenters. The van der Waals surface area contributed by atoms with Crippen molar-refractivity contribution in [3.05, 3.63) is 77.4 Å². The van der Waals surface area contributed by atoms with Gasteiger partial charge >= 0.3 is 0 Å². The predicted octanol–water partition coefficient (Wildman–Crippen LogP) is 4.94. The summed E-state index contributed by atoms with van der Waals surface area (Å²) in [4.78, 5) is 0. The molecule has 0 saturated carbocycles. The van der Waals surface area contributed by atoms with Crippen LogP contribution >= 0.6 is 0 Å². The van der Waals surface area contributed by atoms with Gasteiger partial charge in [-0.1, -0.05) is 42.5 Å². The molecule has 0 bridgehead atoms. The average Bonchev–Trinajstić information content (AvgIpc) is 2.77. The number of methoxy groups -OCH3 is 1. The van der Waals surface area contributed by atoms with Gasteiger partial charge < -0.3 is 14.2 Å². The Morgan fingerprint density at radius 1 is 1.00 bits per heavy atom. The summed E-state index contributed by atoms with van der Waals surface area (Å²) in [5, 5.41) is 12.0. The Kier molecular flexibility index (Phi) is 5.29. The first-order chi connectivity index (χ1) is 13.7. The SMILES string of the molecule is COC1(c2ccc(OCc3ccc4ccccc4c3)c(C#N)c2)CCOCC1. The van der Waals surface area contributed by atoms with Crippen molar-refractivity contribution < 1.29 is 14.2 Å². The molecule has 0 unspecified atom stereocenters. The molecular formula is C24H23NO3. The first kappa shape index (κ1) is 18.5. The van der Waals surface area contributed by atoms with Crippen LogP contribution in [0.5, 0.6) is 5.75 Å². The van der Waals surface area contributed by atoms with E-state index in [4.69, 9.17) is 14.2 Å². The highest BCUT2D eigenvalue weighted by atomic mass is 16.5. The molecule has 1 fully saturated rings. The molecule has 0 amide bonds. The van der Waals surface area contributed by atoms with Gasteiger partial charge in [0.2, 0.25) is 0 Å². The lowest BCUT2D eigenvalue weighted by molar-refractivity contribution is -0.0948. The molecule has 0 aliphatic carbocycles. The largest absolute Gasteiger partial charge is 0.488 e. The fraction of sp³-hybridized carbons (Fsp3) is 0.292. The van der Waals surface area contributed by atoms with E-state index < -0.39 is 0 Å². The zero-order chi connectivity index (χ0) is 19.4. The van der Waals surface area contributed by atoms with Crippen LogP contribution in [0, 0.1) is 11.3 Å². The van der Waals surface area contributed by atoms with Crippen LogP contribution in [0.4, 0.5) is 0 Å². The van der Waals surface area contributed by atoms with Crippen LogP contribution in [0.3, 0.4) is 0 Å². The summed E-state index contributed by atoms with van der Waals surface area (Å²) in [7, 11) is 1.72. The smallest absolute Gasteiger partial charge is 0.137 e. The summed E-state index contributed by atoms with van der Waals surface area (Å²) in [6, 6.07) is 22.6. The molecule has 0 aromatic heterocycles. The van der Waals surface area contributed by atoms with Gasteiger partial charge in [-0.2, -0.15) is 5.26 Å². The maximum Gasteiger partial charge on any atom is 0.137 e. The fourth-order valence-corrected chi connectivity index (χ4v) is 3.83. The summed E-state index contributed by atoms with van der Waals surface area (Å²) in [5.74, 6) is 0.595. The molecule has 1 saturated heterocycles. The van der Waals surface area contributed by atoms with E-state index in [0.717, 1.165) is 24.0 Å². The highest BCUT2D eigenvalue weighted by Gasteiger charge is 2.34. The topological polar surface area (TPSA) is 51.5 Å². The third kappa shape index (κ3) is 3.60. The third-order valence-corrected chi connectivity index (χ3v) is 5.53. The Morgan fingerprint density at radius 3 is 2.54 bits per heavy atom. The zero-order valence-electron chi connectivity index (χ0n) is 16.0. The summed E-state index contributed by atoms with van der Waals surface area (Å²) >= 11 is 0. The molecule has 0 N–H and O–H groups in total. The Balaban J connectivity index is 1.55. The number of fused-ring (bicyclic) bond motifs is 1. The monoisotopic (exact) mass is 373 g/mol. The highest BCUT2D eigenvalue weighted by Crippen LogP contribution is 2.37. The van der Waals surface area contributed by atoms with Crippen molar-refractivity contribution in [1.82, 2.24) is 0 Å². The lowest BCUT2D eigenvalue weighted by Crippen LogP contribution is -2.35. The molecule has 28 heavy (non-hydrogen) atoms. The standard InChI is InChI=1S/C24H23NO3/c1-26-24(10-12-27-13-11-24)22-8-9-23(21(15-22)16-25)28-17-18-6-7-19-4-2-3-5-20(19)14-18/h2-9,14-15H,10-13,17H2,1H3. The molecule has 0 spiro atoms. The van der Waals surface area contributed by atoms with Crippen molar-refractivity contribution in [1.29, 1.82) is 5.26 Å². The van der Waals surface area contributed by atoms with Crippen molar-refractivity contribution in [2.75, 3.05) is 20.3 Å². The molecule has 0 radical (unpaired) electrons. The number of hydrogen-bond donors (Lipinski definition) is 0. The minimum atomic E-state index is -0.388. The van der Waals surface area contributed by atoms with Crippen molar-refractivity contribution in [2.45, 2.75) is 25.0 Å². The number of nitrogens with zero attached hydrogens (tertiary/aromatic N) is 1. The highest BCUT2D eigenvalue weighted by molar-refractivity contribution is 5.82. The van der Waals surface area contributed by atoms with Crippen molar-refractivity contribution in [3.63, 3.8) is 0 Å². The average molecular weight is 373 g/mol. The van der Waals surface area contributed by atoms with Crippen LogP contribution in [0.25, 0.3) is 10.8 Å². The van der Waals surface area contributed by atoms with Crippen LogP contribution in [-0.4, -0.2) is 20.3 Å². The lowest BCUT2D eigenvalue weighted by atomic mass is 9.85. The van der Waals surface area contributed by atoms with Crippen molar-refractivity contribution >= 4 is 10.8 Å². The zero-order valence-corrected chi connectivity index (χ0v) is 16.0. The van der Waals surface area contributed by atoms with Gasteiger partial charge in [-0.15, -0.1) is 0 Å². The van der Waals surface area contributed by atoms with E-state index in [1.54, 1.807) is 7.11 Å². The molecule has 142 valence electrons. The summed E-state index contributed by atoms with van der Waals surface area (Å²) in [6.07, 6.45) is 1.57. The normalized spacial score (nSPS) is 15.9. The maximum absolute atomic E-state index is 9.64. The first-order valence-electron chi connectivity index (χ1n) is 9.52. The Labute approximate surface area is 165 Å². The van der Waals surface area contributed by atoms with Crippen LogP contribution in [-0.2, 0) is 21.7 Å². The Hall–Kier alpha value is -2.87. The minimum absolute atomic E-state index is 0.388. The van der Waals surface area contributed by atoms with E-state index in [0.29, 0.717) is 31.1 Å². The van der Waals surface area contributed by atoms with E-state index in [9.17, 15) is 5.26 Å². The molecule has 3 aromatic carbocycles. The molecular weight excluding hydrogens is 350 g/mol. The third-order valence-electron chi connectivity index (χ3n) is 5.53. The van der Waals surface area contributed by atoms with Crippen LogP contribution in [0.1, 0.15) is 29.5 Å². The van der Waals surface area contributed by atoms with Gasteiger partial charge in [-0.25, -0.2) is 0 Å². The van der Waals surface area contributed by atoms with Gasteiger partial charge in [0.05, 0.1) is 11.2 Å². The molecule has 3 aromatic rings. The second kappa shape index (κ2) is 8.02. The number of nitriles is 1. The number of hydrogen-bond acceptors (Lipinski definition) is 4. The van der Waals surface area contributed by atoms with E-state index in [1.807, 2.05) is 30.3 Å². The van der Waals surface area contributed by atoms with E-state index in [2.05, 4.69) is 36.4 Å². The molecule has 1 heterocycles. The van der Waals surface area contributed by atoms with Gasteiger partial charge in [-0.05, 0) is 40.1 Å². The van der Waals surface area contributed by atoms with Gasteiger partial charge in [0.15, 0.2) is 0 Å². The fourth-order valence-electron chi connectivity index (χ4n) is 3.83. The van der Waals surface area contributed by atoms with E-state index in [-0.39, 0.29) is 5.60 Å². The maximum atomic E-state index is 9.64. The predicted molar refractivity (Wildman–Crippen MR) is 108 cm³/mol. The van der Waals surface area contributed by atoms with Crippen LogP contribution in [0.2, 0.25) is 0 Å². The molecule has 4 heteroatoms. The van der Waals surface area contributed by atoms with Gasteiger partial charge in [0.25, 0.3) is 0 Å². The van der Waals surface area contributed by atoms with Crippen molar-refractivity contribution in [2.24, 2.45) is 0 Å². The molecule has 1 aliphatic rings. The lowest BCUT2D eigenvalue weighted by Gasteiger charge is -2.36. The summed E-state index contributed by atoms with van der Waals surface area (Å²) < 4.78 is 17.3. The number of benzene rings is 3. The second-order valence-electron chi connectivity index (χ2n) is 7.10.